The van der Waals surface area contributed by atoms with E-state index in [1.807, 2.05) is 0 Å². The van der Waals surface area contributed by atoms with E-state index in [0.717, 1.165) is 24.4 Å². The Morgan fingerprint density at radius 3 is 3.23 bits per heavy atom. The number of hydrogen-bond acceptors (Lipinski definition) is 3. The summed E-state index contributed by atoms with van der Waals surface area (Å²) in [7, 11) is 0. The van der Waals surface area contributed by atoms with E-state index in [0.29, 0.717) is 5.92 Å². The highest BCUT2D eigenvalue weighted by molar-refractivity contribution is 7.08. The third-order valence-electron chi connectivity index (χ3n) is 2.42. The minimum Gasteiger partial charge on any atom is -0.823 e. The van der Waals surface area contributed by atoms with Gasteiger partial charge >= 0.3 is 0 Å². The van der Waals surface area contributed by atoms with Gasteiger partial charge < -0.3 is 5.11 Å². The van der Waals surface area contributed by atoms with Gasteiger partial charge in [-0.3, -0.25) is 4.79 Å². The lowest BCUT2D eigenvalue weighted by Crippen LogP contribution is -2.45. The second kappa shape index (κ2) is 3.10. The van der Waals surface area contributed by atoms with E-state index in [1.165, 1.54) is 17.4 Å². The maximum absolute atomic E-state index is 11.4. The second-order valence-corrected chi connectivity index (χ2v) is 4.46. The first-order valence-corrected chi connectivity index (χ1v) is 5.25. The summed E-state index contributed by atoms with van der Waals surface area (Å²) in [5.41, 5.74) is 0. The second-order valence-electron chi connectivity index (χ2n) is 3.44. The van der Waals surface area contributed by atoms with Crippen LogP contribution in [0.1, 0.15) is 30.7 Å². The molecule has 0 saturated heterocycles. The Labute approximate surface area is 80.3 Å². The van der Waals surface area contributed by atoms with Crippen LogP contribution in [0.5, 0.6) is 5.88 Å². The zero-order chi connectivity index (χ0) is 9.42. The molecule has 1 aromatic rings. The van der Waals surface area contributed by atoms with Gasteiger partial charge in [0, 0.05) is 6.42 Å². The van der Waals surface area contributed by atoms with E-state index in [-0.39, 0.29) is 10.6 Å². The minimum absolute atomic E-state index is 0.120. The fourth-order valence-electron chi connectivity index (χ4n) is 1.74. The SMILES string of the molecule is CC1CCC[n+]2c([O-])cc(=O)sc21. The number of nitrogens with zero attached hydrogens (tertiary/aromatic N) is 1. The van der Waals surface area contributed by atoms with Crippen molar-refractivity contribution in [3.05, 3.63) is 20.6 Å². The molecule has 4 heteroatoms. The quantitative estimate of drug-likeness (QED) is 0.564. The molecule has 0 amide bonds. The van der Waals surface area contributed by atoms with Gasteiger partial charge in [-0.1, -0.05) is 6.92 Å². The molecule has 2 rings (SSSR count). The Balaban J connectivity index is 2.63. The smallest absolute Gasteiger partial charge is 0.243 e. The molecule has 0 radical (unpaired) electrons. The van der Waals surface area contributed by atoms with Crippen molar-refractivity contribution in [1.82, 2.24) is 0 Å². The highest BCUT2D eigenvalue weighted by Crippen LogP contribution is 2.24. The van der Waals surface area contributed by atoms with Crippen LogP contribution in [0.2, 0.25) is 0 Å². The summed E-state index contributed by atoms with van der Waals surface area (Å²) in [6.07, 6.45) is 2.12. The molecule has 0 spiro atoms. The molecule has 1 atom stereocenters. The molecule has 2 heterocycles. The fraction of sp³-hybridized carbons (Fsp3) is 0.556. The van der Waals surface area contributed by atoms with Gasteiger partial charge in [0.05, 0.1) is 12.0 Å². The van der Waals surface area contributed by atoms with Crippen LogP contribution in [0.4, 0.5) is 0 Å². The van der Waals surface area contributed by atoms with Gasteiger partial charge in [0.15, 0.2) is 5.88 Å². The van der Waals surface area contributed by atoms with Crippen molar-refractivity contribution >= 4 is 11.3 Å². The van der Waals surface area contributed by atoms with E-state index >= 15 is 0 Å². The molecule has 0 N–H and O–H groups in total. The van der Waals surface area contributed by atoms with Crippen molar-refractivity contribution in [2.75, 3.05) is 0 Å². The minimum atomic E-state index is -0.134. The third-order valence-corrected chi connectivity index (χ3v) is 3.57. The van der Waals surface area contributed by atoms with Gasteiger partial charge in [-0.25, -0.2) is 0 Å². The van der Waals surface area contributed by atoms with Crippen LogP contribution < -0.4 is 14.4 Å². The topological polar surface area (TPSA) is 44.0 Å². The van der Waals surface area contributed by atoms with Crippen LogP contribution in [0.3, 0.4) is 0 Å². The maximum atomic E-state index is 11.4. The molecule has 1 unspecified atom stereocenters. The van der Waals surface area contributed by atoms with Crippen molar-refractivity contribution in [1.29, 1.82) is 0 Å². The van der Waals surface area contributed by atoms with Crippen LogP contribution in [-0.2, 0) is 6.54 Å². The highest BCUT2D eigenvalue weighted by Gasteiger charge is 2.25. The van der Waals surface area contributed by atoms with E-state index in [1.54, 1.807) is 4.57 Å². The van der Waals surface area contributed by atoms with Gasteiger partial charge in [0.25, 0.3) is 0 Å². The Morgan fingerprint density at radius 2 is 2.46 bits per heavy atom. The molecule has 0 aliphatic carbocycles. The van der Waals surface area contributed by atoms with Gasteiger partial charge in [-0.15, -0.1) is 0 Å². The number of fused-ring (bicyclic) bond motifs is 1. The number of aromatic nitrogens is 1. The Kier molecular flexibility index (Phi) is 2.07. The average Bonchev–Trinajstić information content (AvgIpc) is 2.07. The predicted octanol–water partition coefficient (Wildman–Crippen LogP) is 0.367. The lowest BCUT2D eigenvalue weighted by atomic mass is 10.0. The number of rotatable bonds is 0. The first-order valence-electron chi connectivity index (χ1n) is 4.43. The largest absolute Gasteiger partial charge is 0.823 e. The predicted molar refractivity (Wildman–Crippen MR) is 47.9 cm³/mol. The average molecular weight is 197 g/mol. The van der Waals surface area contributed by atoms with Crippen molar-refractivity contribution in [2.45, 2.75) is 32.2 Å². The standard InChI is InChI=1S/C9H11NO2S/c1-6-3-2-4-10-7(11)5-8(12)13-9(6)10/h5-6H,2-4H2,1H3. The van der Waals surface area contributed by atoms with Crippen molar-refractivity contribution in [3.8, 4) is 5.88 Å². The summed E-state index contributed by atoms with van der Waals surface area (Å²) >= 11 is 1.21. The van der Waals surface area contributed by atoms with Crippen LogP contribution in [0.15, 0.2) is 10.9 Å². The zero-order valence-corrected chi connectivity index (χ0v) is 8.26. The third kappa shape index (κ3) is 1.46. The molecule has 70 valence electrons. The lowest BCUT2D eigenvalue weighted by molar-refractivity contribution is -0.744. The van der Waals surface area contributed by atoms with Crippen LogP contribution in [-0.4, -0.2) is 0 Å². The summed E-state index contributed by atoms with van der Waals surface area (Å²) in [6, 6.07) is 1.19. The van der Waals surface area contributed by atoms with E-state index in [4.69, 9.17) is 0 Å². The van der Waals surface area contributed by atoms with Gasteiger partial charge in [0.2, 0.25) is 9.75 Å². The lowest BCUT2D eigenvalue weighted by Gasteiger charge is -2.18. The summed E-state index contributed by atoms with van der Waals surface area (Å²) in [6.45, 7) is 2.84. The monoisotopic (exact) mass is 197 g/mol. The molecule has 1 aliphatic rings. The molecule has 1 aliphatic heterocycles. The maximum Gasteiger partial charge on any atom is 0.243 e. The van der Waals surface area contributed by atoms with Gasteiger partial charge in [-0.05, 0) is 17.8 Å². The van der Waals surface area contributed by atoms with Gasteiger partial charge in [-0.2, -0.15) is 4.57 Å². The first kappa shape index (κ1) is 8.69. The summed E-state index contributed by atoms with van der Waals surface area (Å²) in [4.78, 5) is 11.1. The summed E-state index contributed by atoms with van der Waals surface area (Å²) in [5.74, 6) is 0.227. The Hall–Kier alpha value is -0.900. The molecule has 13 heavy (non-hydrogen) atoms. The van der Waals surface area contributed by atoms with Crippen molar-refractivity contribution < 1.29 is 9.67 Å². The van der Waals surface area contributed by atoms with Crippen LogP contribution in [0, 0.1) is 0 Å². The molecular formula is C9H11NO2S. The highest BCUT2D eigenvalue weighted by atomic mass is 32.1. The van der Waals surface area contributed by atoms with Crippen molar-refractivity contribution in [3.63, 3.8) is 0 Å². The Morgan fingerprint density at radius 1 is 1.69 bits per heavy atom. The molecule has 0 bridgehead atoms. The first-order chi connectivity index (χ1) is 6.18. The van der Waals surface area contributed by atoms with E-state index in [9.17, 15) is 9.90 Å². The van der Waals surface area contributed by atoms with Gasteiger partial charge in [0.1, 0.15) is 6.54 Å². The number of hydrogen-bond donors (Lipinski definition) is 0. The molecule has 3 nitrogen and oxygen atoms in total. The van der Waals surface area contributed by atoms with Crippen molar-refractivity contribution in [2.24, 2.45) is 0 Å². The van der Waals surface area contributed by atoms with E-state index in [2.05, 4.69) is 6.92 Å². The van der Waals surface area contributed by atoms with E-state index < -0.39 is 0 Å². The normalized spacial score (nSPS) is 21.2. The fourth-order valence-corrected chi connectivity index (χ4v) is 2.72. The van der Waals surface area contributed by atoms with Crippen LogP contribution >= 0.6 is 11.3 Å². The molecule has 0 saturated carbocycles. The molecule has 1 aromatic heterocycles. The molecule has 0 aromatic carbocycles. The van der Waals surface area contributed by atoms with Crippen LogP contribution in [0.25, 0.3) is 0 Å². The Bertz CT molecular complexity index is 386. The summed E-state index contributed by atoms with van der Waals surface area (Å²) in [5, 5.41) is 12.3. The molecular weight excluding hydrogens is 186 g/mol. The molecule has 0 fully saturated rings. The summed E-state index contributed by atoms with van der Waals surface area (Å²) < 4.78 is 1.62. The zero-order valence-electron chi connectivity index (χ0n) is 7.45.